The molecule has 1 aromatic carbocycles. The van der Waals surface area contributed by atoms with Crippen LogP contribution in [0.4, 0.5) is 5.69 Å². The zero-order valence-corrected chi connectivity index (χ0v) is 18.4. The molecule has 0 aliphatic heterocycles. The predicted molar refractivity (Wildman–Crippen MR) is 114 cm³/mol. The lowest BCUT2D eigenvalue weighted by molar-refractivity contribution is -0.126. The summed E-state index contributed by atoms with van der Waals surface area (Å²) < 4.78 is 9.74. The van der Waals surface area contributed by atoms with E-state index in [1.165, 1.54) is 7.11 Å². The average molecular weight is 450 g/mol. The van der Waals surface area contributed by atoms with Crippen LogP contribution in [0.3, 0.4) is 0 Å². The Hall–Kier alpha value is -3.33. The number of aryl methyl sites for hydroxylation is 1. The largest absolute Gasteiger partial charge is 0.465 e. The number of esters is 2. The first kappa shape index (κ1) is 23.9. The van der Waals surface area contributed by atoms with Crippen molar-refractivity contribution in [2.75, 3.05) is 25.6 Å². The Morgan fingerprint density at radius 2 is 1.77 bits per heavy atom. The summed E-state index contributed by atoms with van der Waals surface area (Å²) in [6.07, 6.45) is 0.472. The van der Waals surface area contributed by atoms with Crippen molar-refractivity contribution >= 4 is 41.0 Å². The van der Waals surface area contributed by atoms with Gasteiger partial charge in [0, 0.05) is 16.4 Å². The molecule has 2 rings (SSSR count). The molecule has 0 aliphatic rings. The average Bonchev–Trinajstić information content (AvgIpc) is 3.09. The molecule has 1 heterocycles. The minimum absolute atomic E-state index is 0.0687. The van der Waals surface area contributed by atoms with E-state index in [1.807, 2.05) is 6.92 Å². The lowest BCUT2D eigenvalue weighted by Crippen LogP contribution is -2.35. The molecule has 0 saturated heterocycles. The van der Waals surface area contributed by atoms with Crippen LogP contribution in [0.15, 0.2) is 18.2 Å². The lowest BCUT2D eigenvalue weighted by Gasteiger charge is -2.10. The highest BCUT2D eigenvalue weighted by Crippen LogP contribution is 2.23. The van der Waals surface area contributed by atoms with Crippen LogP contribution in [-0.4, -0.2) is 49.0 Å². The van der Waals surface area contributed by atoms with E-state index in [1.54, 1.807) is 32.0 Å². The number of ether oxygens (including phenoxy) is 2. The van der Waals surface area contributed by atoms with Gasteiger partial charge in [0.15, 0.2) is 6.61 Å². The van der Waals surface area contributed by atoms with Crippen LogP contribution in [0, 0.1) is 13.8 Å². The van der Waals surface area contributed by atoms with Crippen molar-refractivity contribution < 1.29 is 28.7 Å². The molecule has 0 bridgehead atoms. The number of methoxy groups -OCH3 is 1. The number of H-pyrrole nitrogens is 1. The number of amides is 2. The predicted octanol–water partition coefficient (Wildman–Crippen LogP) is 2.55. The molecule has 0 radical (unpaired) electrons. The highest BCUT2D eigenvalue weighted by molar-refractivity contribution is 6.31. The maximum atomic E-state index is 12.3. The van der Waals surface area contributed by atoms with Gasteiger partial charge in [0.1, 0.15) is 5.69 Å². The van der Waals surface area contributed by atoms with Crippen LogP contribution in [0.5, 0.6) is 0 Å². The number of aromatic amines is 1. The van der Waals surface area contributed by atoms with E-state index < -0.39 is 30.4 Å². The number of carbonyl (C=O) groups excluding carboxylic acids is 4. The molecule has 2 amide bonds. The third-order valence-corrected chi connectivity index (χ3v) is 5.01. The minimum atomic E-state index is -0.795. The van der Waals surface area contributed by atoms with Crippen molar-refractivity contribution in [1.29, 1.82) is 0 Å². The zero-order chi connectivity index (χ0) is 23.1. The van der Waals surface area contributed by atoms with E-state index in [2.05, 4.69) is 15.6 Å². The summed E-state index contributed by atoms with van der Waals surface area (Å²) in [7, 11) is 1.25. The number of hydrogen-bond donors (Lipinski definition) is 3. The molecule has 166 valence electrons. The van der Waals surface area contributed by atoms with E-state index in [0.29, 0.717) is 34.0 Å². The lowest BCUT2D eigenvalue weighted by atomic mass is 10.1. The number of nitrogens with one attached hydrogen (secondary N) is 3. The fraction of sp³-hybridized carbons (Fsp3) is 0.333. The quantitative estimate of drug-likeness (QED) is 0.531. The van der Waals surface area contributed by atoms with Crippen molar-refractivity contribution in [3.05, 3.63) is 51.3 Å². The Bertz CT molecular complexity index is 1010. The molecular formula is C21H24ClN3O6. The molecule has 0 fully saturated rings. The minimum Gasteiger partial charge on any atom is -0.465 e. The third kappa shape index (κ3) is 5.85. The van der Waals surface area contributed by atoms with Gasteiger partial charge in [-0.25, -0.2) is 9.59 Å². The van der Waals surface area contributed by atoms with Crippen LogP contribution >= 0.6 is 11.6 Å². The SMILES string of the molecule is CCc1[nH]c(C(=O)OCC(=O)NCC(=O)Nc2cccc(Cl)c2C)c(C)c1C(=O)OC. The summed E-state index contributed by atoms with van der Waals surface area (Å²) in [6.45, 7) is 4.26. The van der Waals surface area contributed by atoms with Crippen LogP contribution in [-0.2, 0) is 25.5 Å². The van der Waals surface area contributed by atoms with Gasteiger partial charge in [-0.05, 0) is 43.5 Å². The standard InChI is InChI=1S/C21H24ClN3O6/c1-5-14-18(20(28)30-4)12(3)19(25-14)21(29)31-10-17(27)23-9-16(26)24-15-8-6-7-13(22)11(15)2/h6-8,25H,5,9-10H2,1-4H3,(H,23,27)(H,24,26). The smallest absolute Gasteiger partial charge is 0.355 e. The van der Waals surface area contributed by atoms with Crippen molar-refractivity contribution in [3.8, 4) is 0 Å². The summed E-state index contributed by atoms with van der Waals surface area (Å²) >= 11 is 6.01. The van der Waals surface area contributed by atoms with Crippen LogP contribution in [0.1, 0.15) is 44.6 Å². The van der Waals surface area contributed by atoms with E-state index in [0.717, 1.165) is 0 Å². The monoisotopic (exact) mass is 449 g/mol. The summed E-state index contributed by atoms with van der Waals surface area (Å²) in [5.74, 6) is -2.47. The van der Waals surface area contributed by atoms with E-state index in [4.69, 9.17) is 21.1 Å². The first-order valence-electron chi connectivity index (χ1n) is 9.48. The number of carbonyl (C=O) groups is 4. The van der Waals surface area contributed by atoms with Gasteiger partial charge in [-0.1, -0.05) is 24.6 Å². The van der Waals surface area contributed by atoms with E-state index >= 15 is 0 Å². The number of aromatic nitrogens is 1. The zero-order valence-electron chi connectivity index (χ0n) is 17.7. The molecule has 3 N–H and O–H groups in total. The van der Waals surface area contributed by atoms with Gasteiger partial charge in [-0.15, -0.1) is 0 Å². The maximum Gasteiger partial charge on any atom is 0.355 e. The van der Waals surface area contributed by atoms with Gasteiger partial charge in [0.05, 0.1) is 19.2 Å². The molecule has 0 aliphatic carbocycles. The summed E-state index contributed by atoms with van der Waals surface area (Å²) in [5.41, 5.74) is 2.50. The van der Waals surface area contributed by atoms with Gasteiger partial charge in [0.2, 0.25) is 5.91 Å². The fourth-order valence-electron chi connectivity index (χ4n) is 2.88. The molecule has 10 heteroatoms. The molecule has 0 unspecified atom stereocenters. The number of anilines is 1. The second-order valence-electron chi connectivity index (χ2n) is 6.64. The van der Waals surface area contributed by atoms with E-state index in [-0.39, 0.29) is 17.8 Å². The Balaban J connectivity index is 1.89. The molecule has 0 atom stereocenters. The molecule has 0 saturated carbocycles. The van der Waals surface area contributed by atoms with Crippen molar-refractivity contribution in [1.82, 2.24) is 10.3 Å². The number of hydrogen-bond acceptors (Lipinski definition) is 6. The molecular weight excluding hydrogens is 426 g/mol. The van der Waals surface area contributed by atoms with Crippen molar-refractivity contribution in [3.63, 3.8) is 0 Å². The Morgan fingerprint density at radius 1 is 1.06 bits per heavy atom. The molecule has 1 aromatic heterocycles. The summed E-state index contributed by atoms with van der Waals surface area (Å²) in [4.78, 5) is 51.1. The normalized spacial score (nSPS) is 10.4. The maximum absolute atomic E-state index is 12.3. The second kappa shape index (κ2) is 10.6. The van der Waals surface area contributed by atoms with Gasteiger partial charge in [-0.3, -0.25) is 9.59 Å². The van der Waals surface area contributed by atoms with Gasteiger partial charge < -0.3 is 25.1 Å². The van der Waals surface area contributed by atoms with Gasteiger partial charge in [-0.2, -0.15) is 0 Å². The fourth-order valence-corrected chi connectivity index (χ4v) is 3.05. The highest BCUT2D eigenvalue weighted by atomic mass is 35.5. The van der Waals surface area contributed by atoms with Crippen molar-refractivity contribution in [2.24, 2.45) is 0 Å². The van der Waals surface area contributed by atoms with Gasteiger partial charge in [0.25, 0.3) is 5.91 Å². The van der Waals surface area contributed by atoms with E-state index in [9.17, 15) is 19.2 Å². The molecule has 31 heavy (non-hydrogen) atoms. The summed E-state index contributed by atoms with van der Waals surface area (Å²) in [5, 5.41) is 5.52. The summed E-state index contributed by atoms with van der Waals surface area (Å²) in [6, 6.07) is 5.09. The topological polar surface area (TPSA) is 127 Å². The first-order chi connectivity index (χ1) is 14.7. The molecule has 0 spiro atoms. The Labute approximate surface area is 184 Å². The highest BCUT2D eigenvalue weighted by Gasteiger charge is 2.25. The third-order valence-electron chi connectivity index (χ3n) is 4.60. The second-order valence-corrected chi connectivity index (χ2v) is 7.04. The number of halogens is 1. The van der Waals surface area contributed by atoms with Crippen molar-refractivity contribution in [2.45, 2.75) is 27.2 Å². The molecule has 2 aromatic rings. The first-order valence-corrected chi connectivity index (χ1v) is 9.85. The Kier molecular flexibility index (Phi) is 8.21. The van der Waals surface area contributed by atoms with Crippen LogP contribution in [0.2, 0.25) is 5.02 Å². The molecule has 9 nitrogen and oxygen atoms in total. The Morgan fingerprint density at radius 3 is 2.42 bits per heavy atom. The van der Waals surface area contributed by atoms with Crippen LogP contribution < -0.4 is 10.6 Å². The van der Waals surface area contributed by atoms with Gasteiger partial charge >= 0.3 is 11.9 Å². The number of benzene rings is 1. The van der Waals surface area contributed by atoms with Crippen LogP contribution in [0.25, 0.3) is 0 Å². The number of rotatable bonds is 8.